The molecule has 3 heteroatoms. The highest BCUT2D eigenvalue weighted by Crippen LogP contribution is 2.29. The summed E-state index contributed by atoms with van der Waals surface area (Å²) in [7, 11) is 5.23. The summed E-state index contributed by atoms with van der Waals surface area (Å²) in [4.78, 5) is 13.8. The van der Waals surface area contributed by atoms with Gasteiger partial charge < -0.3 is 9.64 Å². The summed E-state index contributed by atoms with van der Waals surface area (Å²) in [5, 5.41) is 0. The minimum atomic E-state index is 0.0620. The molecule has 2 rings (SSSR count). The van der Waals surface area contributed by atoms with Crippen LogP contribution in [0.4, 0.5) is 0 Å². The van der Waals surface area contributed by atoms with Gasteiger partial charge in [0.15, 0.2) is 0 Å². The second-order valence-corrected chi connectivity index (χ2v) is 5.23. The first-order valence-corrected chi connectivity index (χ1v) is 7.01. The van der Waals surface area contributed by atoms with Crippen LogP contribution in [0.15, 0.2) is 54.6 Å². The van der Waals surface area contributed by atoms with Crippen molar-refractivity contribution in [1.29, 1.82) is 0 Å². The van der Waals surface area contributed by atoms with Gasteiger partial charge in [-0.2, -0.15) is 0 Å². The normalized spacial score (nSPS) is 11.8. The molecule has 0 aliphatic rings. The molecule has 0 aliphatic heterocycles. The first-order valence-electron chi connectivity index (χ1n) is 7.01. The predicted octanol–water partition coefficient (Wildman–Crippen LogP) is 3.31. The van der Waals surface area contributed by atoms with E-state index < -0.39 is 0 Å². The molecular weight excluding hydrogens is 262 g/mol. The van der Waals surface area contributed by atoms with Gasteiger partial charge in [-0.05, 0) is 23.3 Å². The van der Waals surface area contributed by atoms with Gasteiger partial charge in [-0.25, -0.2) is 0 Å². The van der Waals surface area contributed by atoms with Gasteiger partial charge in [0.2, 0.25) is 5.91 Å². The van der Waals surface area contributed by atoms with Crippen LogP contribution >= 0.6 is 0 Å². The fourth-order valence-electron chi connectivity index (χ4n) is 2.31. The number of methoxy groups -OCH3 is 1. The highest BCUT2D eigenvalue weighted by molar-refractivity contribution is 5.77. The smallest absolute Gasteiger partial charge is 0.223 e. The number of ether oxygens (including phenoxy) is 1. The first-order chi connectivity index (χ1) is 10.1. The van der Waals surface area contributed by atoms with Crippen molar-refractivity contribution < 1.29 is 9.53 Å². The van der Waals surface area contributed by atoms with E-state index in [-0.39, 0.29) is 11.8 Å². The van der Waals surface area contributed by atoms with Crippen LogP contribution in [0.25, 0.3) is 0 Å². The van der Waals surface area contributed by atoms with E-state index in [9.17, 15) is 4.79 Å². The minimum Gasteiger partial charge on any atom is -0.497 e. The van der Waals surface area contributed by atoms with Crippen molar-refractivity contribution >= 4 is 5.91 Å². The average molecular weight is 283 g/mol. The number of rotatable bonds is 5. The molecule has 1 amide bonds. The Balaban J connectivity index is 2.32. The van der Waals surface area contributed by atoms with Crippen molar-refractivity contribution in [3.8, 4) is 5.75 Å². The van der Waals surface area contributed by atoms with Crippen LogP contribution in [0, 0.1) is 0 Å². The van der Waals surface area contributed by atoms with E-state index in [0.717, 1.165) is 16.9 Å². The van der Waals surface area contributed by atoms with Crippen molar-refractivity contribution in [2.75, 3.05) is 21.2 Å². The van der Waals surface area contributed by atoms with Crippen molar-refractivity contribution in [1.82, 2.24) is 4.90 Å². The lowest BCUT2D eigenvalue weighted by atomic mass is 9.88. The maximum absolute atomic E-state index is 12.1. The lowest BCUT2D eigenvalue weighted by Crippen LogP contribution is -2.24. The number of carbonyl (C=O) groups excluding carboxylic acids is 1. The van der Waals surface area contributed by atoms with Gasteiger partial charge in [0.1, 0.15) is 5.75 Å². The Hall–Kier alpha value is -2.29. The molecule has 0 spiro atoms. The van der Waals surface area contributed by atoms with Crippen LogP contribution in [0.1, 0.15) is 23.5 Å². The van der Waals surface area contributed by atoms with E-state index in [1.165, 1.54) is 0 Å². The van der Waals surface area contributed by atoms with E-state index in [1.807, 2.05) is 42.5 Å². The zero-order valence-corrected chi connectivity index (χ0v) is 12.7. The van der Waals surface area contributed by atoms with Crippen LogP contribution in [-0.4, -0.2) is 32.0 Å². The summed E-state index contributed by atoms with van der Waals surface area (Å²) in [6, 6.07) is 18.1. The molecule has 0 radical (unpaired) electrons. The molecule has 1 atom stereocenters. The lowest BCUT2D eigenvalue weighted by molar-refractivity contribution is -0.128. The van der Waals surface area contributed by atoms with Gasteiger partial charge in [-0.15, -0.1) is 0 Å². The quantitative estimate of drug-likeness (QED) is 0.842. The third-order valence-corrected chi connectivity index (χ3v) is 3.60. The Morgan fingerprint density at radius 2 is 1.57 bits per heavy atom. The van der Waals surface area contributed by atoms with E-state index in [2.05, 4.69) is 12.1 Å². The van der Waals surface area contributed by atoms with Crippen molar-refractivity contribution in [2.24, 2.45) is 0 Å². The number of amides is 1. The highest BCUT2D eigenvalue weighted by Gasteiger charge is 2.19. The Morgan fingerprint density at radius 3 is 2.10 bits per heavy atom. The lowest BCUT2D eigenvalue weighted by Gasteiger charge is -2.20. The SMILES string of the molecule is COc1ccc([C@@H](CC(=O)N(C)C)c2ccccc2)cc1. The number of carbonyl (C=O) groups is 1. The molecule has 3 nitrogen and oxygen atoms in total. The third kappa shape index (κ3) is 3.85. The van der Waals surface area contributed by atoms with Crippen LogP contribution in [-0.2, 0) is 4.79 Å². The zero-order chi connectivity index (χ0) is 15.2. The van der Waals surface area contributed by atoms with Gasteiger partial charge >= 0.3 is 0 Å². The monoisotopic (exact) mass is 283 g/mol. The van der Waals surface area contributed by atoms with Crippen molar-refractivity contribution in [2.45, 2.75) is 12.3 Å². The van der Waals surface area contributed by atoms with Gasteiger partial charge in [0.05, 0.1) is 7.11 Å². The summed E-state index contributed by atoms with van der Waals surface area (Å²) in [5.74, 6) is 1.01. The number of hydrogen-bond donors (Lipinski definition) is 0. The fraction of sp³-hybridized carbons (Fsp3) is 0.278. The topological polar surface area (TPSA) is 29.5 Å². The van der Waals surface area contributed by atoms with Crippen molar-refractivity contribution in [3.63, 3.8) is 0 Å². The number of nitrogens with zero attached hydrogens (tertiary/aromatic N) is 1. The minimum absolute atomic E-state index is 0.0620. The molecule has 0 unspecified atom stereocenters. The summed E-state index contributed by atoms with van der Waals surface area (Å²) in [5.41, 5.74) is 2.27. The largest absolute Gasteiger partial charge is 0.497 e. The molecule has 0 heterocycles. The molecule has 0 saturated carbocycles. The number of benzene rings is 2. The van der Waals surface area contributed by atoms with Crippen molar-refractivity contribution in [3.05, 3.63) is 65.7 Å². The van der Waals surface area contributed by atoms with Crippen LogP contribution in [0.2, 0.25) is 0 Å². The molecule has 0 saturated heterocycles. The van der Waals surface area contributed by atoms with Gasteiger partial charge in [0, 0.05) is 26.4 Å². The second kappa shape index (κ2) is 6.93. The van der Waals surface area contributed by atoms with E-state index >= 15 is 0 Å². The second-order valence-electron chi connectivity index (χ2n) is 5.23. The Labute approximate surface area is 126 Å². The number of hydrogen-bond acceptors (Lipinski definition) is 2. The maximum atomic E-state index is 12.1. The van der Waals surface area contributed by atoms with Gasteiger partial charge in [0.25, 0.3) is 0 Å². The predicted molar refractivity (Wildman–Crippen MR) is 84.6 cm³/mol. The van der Waals surface area contributed by atoms with E-state index in [1.54, 1.807) is 26.1 Å². The maximum Gasteiger partial charge on any atom is 0.223 e. The van der Waals surface area contributed by atoms with Crippen LogP contribution < -0.4 is 4.74 Å². The van der Waals surface area contributed by atoms with E-state index in [0.29, 0.717) is 6.42 Å². The molecule has 0 bridgehead atoms. The third-order valence-electron chi connectivity index (χ3n) is 3.60. The first kappa shape index (κ1) is 15.1. The molecule has 0 aromatic heterocycles. The summed E-state index contributed by atoms with van der Waals surface area (Å²) in [6.07, 6.45) is 0.462. The standard InChI is InChI=1S/C18H21NO2/c1-19(2)18(20)13-17(14-7-5-4-6-8-14)15-9-11-16(21-3)12-10-15/h4-12,17H,13H2,1-3H3/t17-/m0/s1. The fourth-order valence-corrected chi connectivity index (χ4v) is 2.31. The van der Waals surface area contributed by atoms with Gasteiger partial charge in [-0.3, -0.25) is 4.79 Å². The highest BCUT2D eigenvalue weighted by atomic mass is 16.5. The Kier molecular flexibility index (Phi) is 4.99. The van der Waals surface area contributed by atoms with Crippen LogP contribution in [0.3, 0.4) is 0 Å². The van der Waals surface area contributed by atoms with E-state index in [4.69, 9.17) is 4.74 Å². The summed E-state index contributed by atoms with van der Waals surface area (Å²) < 4.78 is 5.20. The molecule has 0 fully saturated rings. The molecule has 2 aromatic rings. The molecule has 0 N–H and O–H groups in total. The molecule has 2 aromatic carbocycles. The van der Waals surface area contributed by atoms with Crippen LogP contribution in [0.5, 0.6) is 5.75 Å². The summed E-state index contributed by atoms with van der Waals surface area (Å²) in [6.45, 7) is 0. The Bertz CT molecular complexity index is 576. The molecule has 110 valence electrons. The average Bonchev–Trinajstić information content (AvgIpc) is 2.53. The molecule has 21 heavy (non-hydrogen) atoms. The molecule has 0 aliphatic carbocycles. The molecular formula is C18H21NO2. The Morgan fingerprint density at radius 1 is 1.00 bits per heavy atom. The van der Waals surface area contributed by atoms with Gasteiger partial charge in [-0.1, -0.05) is 42.5 Å². The zero-order valence-electron chi connectivity index (χ0n) is 12.7. The summed E-state index contributed by atoms with van der Waals surface area (Å²) >= 11 is 0.